The van der Waals surface area contributed by atoms with Gasteiger partial charge >= 0.3 is 0 Å². The summed E-state index contributed by atoms with van der Waals surface area (Å²) in [5, 5.41) is 3.62. The lowest BCUT2D eigenvalue weighted by atomic mass is 10.0. The van der Waals surface area contributed by atoms with Crippen molar-refractivity contribution >= 4 is 17.4 Å². The first-order chi connectivity index (χ1) is 8.24. The molecule has 4 rings (SSSR count). The maximum absolute atomic E-state index is 13.6. The monoisotopic (exact) mass is 252 g/mol. The van der Waals surface area contributed by atoms with Gasteiger partial charge in [0, 0.05) is 12.2 Å². The van der Waals surface area contributed by atoms with Gasteiger partial charge in [-0.1, -0.05) is 11.6 Å². The number of pyridine rings is 1. The molecule has 1 N–H and O–H groups in total. The minimum Gasteiger partial charge on any atom is -0.364 e. The number of nitrogens with one attached hydrogen (secondary N) is 1. The second-order valence-corrected chi connectivity index (χ2v) is 6.08. The normalized spacial score (nSPS) is 41.4. The predicted molar refractivity (Wildman–Crippen MR) is 64.4 cm³/mol. The van der Waals surface area contributed by atoms with Crippen LogP contribution in [-0.2, 0) is 0 Å². The lowest BCUT2D eigenvalue weighted by Crippen LogP contribution is -2.14. The molecule has 3 aliphatic rings. The van der Waals surface area contributed by atoms with Crippen molar-refractivity contribution in [1.29, 1.82) is 0 Å². The molecule has 1 aromatic heterocycles. The van der Waals surface area contributed by atoms with Gasteiger partial charge < -0.3 is 5.32 Å². The summed E-state index contributed by atoms with van der Waals surface area (Å²) in [6, 6.07) is 1.79. The number of nitrogens with zero attached hydrogens (tertiary/aromatic N) is 1. The fourth-order valence-electron chi connectivity index (χ4n) is 4.20. The number of hydrogen-bond acceptors (Lipinski definition) is 2. The van der Waals surface area contributed by atoms with Crippen molar-refractivity contribution in [3.63, 3.8) is 0 Å². The highest BCUT2D eigenvalue weighted by Gasteiger charge is 2.65. The molecule has 2 bridgehead atoms. The Kier molecular flexibility index (Phi) is 1.99. The van der Waals surface area contributed by atoms with Crippen LogP contribution in [0.5, 0.6) is 0 Å². The van der Waals surface area contributed by atoms with Gasteiger partial charge in [0.05, 0.1) is 5.02 Å². The molecule has 0 saturated heterocycles. The number of rotatable bonds is 2. The Morgan fingerprint density at radius 1 is 1.29 bits per heavy atom. The molecule has 0 aliphatic heterocycles. The molecule has 1 aromatic rings. The SMILES string of the molecule is Fc1cc(Cl)cnc1NC1C2C3CCC(C3)C12. The van der Waals surface area contributed by atoms with Crippen molar-refractivity contribution in [3.8, 4) is 0 Å². The van der Waals surface area contributed by atoms with Gasteiger partial charge in [-0.15, -0.1) is 0 Å². The third-order valence-electron chi connectivity index (χ3n) is 4.85. The highest BCUT2D eigenvalue weighted by atomic mass is 35.5. The van der Waals surface area contributed by atoms with Gasteiger partial charge in [0.2, 0.25) is 0 Å². The molecule has 3 saturated carbocycles. The van der Waals surface area contributed by atoms with E-state index in [1.807, 2.05) is 0 Å². The van der Waals surface area contributed by atoms with Crippen LogP contribution in [-0.4, -0.2) is 11.0 Å². The van der Waals surface area contributed by atoms with Gasteiger partial charge in [0.1, 0.15) is 0 Å². The maximum atomic E-state index is 13.6. The van der Waals surface area contributed by atoms with E-state index in [4.69, 9.17) is 11.6 Å². The maximum Gasteiger partial charge on any atom is 0.166 e. The first-order valence-electron chi connectivity index (χ1n) is 6.31. The Morgan fingerprint density at radius 2 is 2.00 bits per heavy atom. The molecule has 3 aliphatic carbocycles. The minimum absolute atomic E-state index is 0.338. The molecule has 0 amide bonds. The fourth-order valence-corrected chi connectivity index (χ4v) is 4.34. The lowest BCUT2D eigenvalue weighted by Gasteiger charge is -2.11. The molecule has 17 heavy (non-hydrogen) atoms. The summed E-state index contributed by atoms with van der Waals surface area (Å²) in [7, 11) is 0. The molecule has 90 valence electrons. The van der Waals surface area contributed by atoms with E-state index in [0.29, 0.717) is 16.9 Å². The van der Waals surface area contributed by atoms with E-state index >= 15 is 0 Å². The van der Waals surface area contributed by atoms with Crippen LogP contribution in [0.4, 0.5) is 10.2 Å². The first-order valence-corrected chi connectivity index (χ1v) is 6.69. The molecule has 4 unspecified atom stereocenters. The van der Waals surface area contributed by atoms with E-state index in [1.54, 1.807) is 0 Å². The second kappa shape index (κ2) is 3.35. The zero-order chi connectivity index (χ0) is 11.6. The van der Waals surface area contributed by atoms with Crippen LogP contribution in [0.15, 0.2) is 12.3 Å². The van der Waals surface area contributed by atoms with Crippen LogP contribution < -0.4 is 5.32 Å². The zero-order valence-electron chi connectivity index (χ0n) is 9.37. The third-order valence-corrected chi connectivity index (χ3v) is 5.05. The van der Waals surface area contributed by atoms with Crippen LogP contribution >= 0.6 is 11.6 Å². The minimum atomic E-state index is -0.338. The summed E-state index contributed by atoms with van der Waals surface area (Å²) in [6.45, 7) is 0. The molecular formula is C13H14ClFN2. The molecule has 0 spiro atoms. The molecular weight excluding hydrogens is 239 g/mol. The fraction of sp³-hybridized carbons (Fsp3) is 0.615. The predicted octanol–water partition coefficient (Wildman–Crippen LogP) is 3.33. The largest absolute Gasteiger partial charge is 0.364 e. The topological polar surface area (TPSA) is 24.9 Å². The molecule has 4 heteroatoms. The van der Waals surface area contributed by atoms with E-state index in [1.165, 1.54) is 31.5 Å². The number of anilines is 1. The molecule has 3 fully saturated rings. The van der Waals surface area contributed by atoms with Crippen LogP contribution in [0.1, 0.15) is 19.3 Å². The third kappa shape index (κ3) is 1.41. The summed E-state index contributed by atoms with van der Waals surface area (Å²) in [6.07, 6.45) is 5.66. The van der Waals surface area contributed by atoms with E-state index in [2.05, 4.69) is 10.3 Å². The summed E-state index contributed by atoms with van der Waals surface area (Å²) in [5.41, 5.74) is 0. The van der Waals surface area contributed by atoms with E-state index in [-0.39, 0.29) is 5.82 Å². The Labute approximate surface area is 105 Å². The molecule has 0 radical (unpaired) electrons. The number of halogens is 2. The van der Waals surface area contributed by atoms with Gasteiger partial charge in [-0.05, 0) is 49.0 Å². The number of fused-ring (bicyclic) bond motifs is 5. The van der Waals surface area contributed by atoms with Gasteiger partial charge in [-0.2, -0.15) is 0 Å². The van der Waals surface area contributed by atoms with Gasteiger partial charge in [0.15, 0.2) is 11.6 Å². The quantitative estimate of drug-likeness (QED) is 0.873. The Morgan fingerprint density at radius 3 is 2.65 bits per heavy atom. The molecule has 1 heterocycles. The number of hydrogen-bond donors (Lipinski definition) is 1. The highest BCUT2D eigenvalue weighted by molar-refractivity contribution is 6.30. The van der Waals surface area contributed by atoms with Gasteiger partial charge in [-0.25, -0.2) is 9.37 Å². The second-order valence-electron chi connectivity index (χ2n) is 5.64. The van der Waals surface area contributed by atoms with Crippen molar-refractivity contribution in [1.82, 2.24) is 4.98 Å². The first kappa shape index (κ1) is 10.1. The van der Waals surface area contributed by atoms with Crippen molar-refractivity contribution < 1.29 is 4.39 Å². The summed E-state index contributed by atoms with van der Waals surface area (Å²) >= 11 is 5.69. The molecule has 4 atom stereocenters. The highest BCUT2D eigenvalue weighted by Crippen LogP contribution is 2.66. The van der Waals surface area contributed by atoms with Crippen molar-refractivity contribution in [2.75, 3.05) is 5.32 Å². The van der Waals surface area contributed by atoms with E-state index < -0.39 is 0 Å². The average molecular weight is 253 g/mol. The van der Waals surface area contributed by atoms with Crippen LogP contribution in [0.25, 0.3) is 0 Å². The van der Waals surface area contributed by atoms with Gasteiger partial charge in [0.25, 0.3) is 0 Å². The van der Waals surface area contributed by atoms with Crippen molar-refractivity contribution in [3.05, 3.63) is 23.1 Å². The molecule has 0 aromatic carbocycles. The standard InChI is InChI=1S/C13H14ClFN2/c14-8-4-9(15)13(16-5-8)17-12-10-6-1-2-7(3-6)11(10)12/h4-7,10-12H,1-3H2,(H,16,17). The summed E-state index contributed by atoms with van der Waals surface area (Å²) < 4.78 is 13.6. The Balaban J connectivity index is 1.52. The summed E-state index contributed by atoms with van der Waals surface area (Å²) in [5.74, 6) is 3.37. The number of aromatic nitrogens is 1. The van der Waals surface area contributed by atoms with Crippen LogP contribution in [0.2, 0.25) is 5.02 Å². The smallest absolute Gasteiger partial charge is 0.166 e. The average Bonchev–Trinajstić information content (AvgIpc) is 2.70. The van der Waals surface area contributed by atoms with Crippen LogP contribution in [0.3, 0.4) is 0 Å². The zero-order valence-corrected chi connectivity index (χ0v) is 10.1. The molecule has 2 nitrogen and oxygen atoms in total. The van der Waals surface area contributed by atoms with Crippen molar-refractivity contribution in [2.45, 2.75) is 25.3 Å². The van der Waals surface area contributed by atoms with Gasteiger partial charge in [-0.3, -0.25) is 0 Å². The van der Waals surface area contributed by atoms with E-state index in [9.17, 15) is 4.39 Å². The Hall–Kier alpha value is -0.830. The van der Waals surface area contributed by atoms with Crippen molar-refractivity contribution in [2.24, 2.45) is 23.7 Å². The van der Waals surface area contributed by atoms with E-state index in [0.717, 1.165) is 23.7 Å². The Bertz CT molecular complexity index is 462. The summed E-state index contributed by atoms with van der Waals surface area (Å²) in [4.78, 5) is 4.04. The lowest BCUT2D eigenvalue weighted by molar-refractivity contribution is 0.456. The van der Waals surface area contributed by atoms with Crippen LogP contribution in [0, 0.1) is 29.5 Å².